The second-order valence-corrected chi connectivity index (χ2v) is 5.18. The van der Waals surface area contributed by atoms with Gasteiger partial charge in [-0.2, -0.15) is 0 Å². The van der Waals surface area contributed by atoms with Gasteiger partial charge in [0.2, 0.25) is 0 Å². The molecule has 4 heteroatoms. The smallest absolute Gasteiger partial charge is 0.352 e. The normalized spacial score (nSPS) is 10.7. The molecule has 112 valence electrons. The number of nitrogens with zero attached hydrogens (tertiary/aromatic N) is 1. The second kappa shape index (κ2) is 9.34. The van der Waals surface area contributed by atoms with Crippen molar-refractivity contribution >= 4 is 5.97 Å². The van der Waals surface area contributed by atoms with Gasteiger partial charge in [-0.3, -0.25) is 4.79 Å². The first-order valence-corrected chi connectivity index (χ1v) is 7.60. The highest BCUT2D eigenvalue weighted by atomic mass is 16.4. The maximum Gasteiger partial charge on any atom is 0.352 e. The molecule has 1 rings (SSSR count). The Morgan fingerprint density at radius 3 is 2.25 bits per heavy atom. The van der Waals surface area contributed by atoms with Crippen LogP contribution < -0.4 is 5.56 Å². The van der Waals surface area contributed by atoms with Gasteiger partial charge in [0.1, 0.15) is 5.69 Å². The number of rotatable bonds is 10. The summed E-state index contributed by atoms with van der Waals surface area (Å²) in [6, 6.07) is 4.39. The van der Waals surface area contributed by atoms with Gasteiger partial charge < -0.3 is 9.67 Å². The van der Waals surface area contributed by atoms with Crippen molar-refractivity contribution in [1.29, 1.82) is 0 Å². The van der Waals surface area contributed by atoms with Crippen LogP contribution in [0.15, 0.2) is 23.0 Å². The topological polar surface area (TPSA) is 59.3 Å². The van der Waals surface area contributed by atoms with E-state index in [0.29, 0.717) is 6.54 Å². The van der Waals surface area contributed by atoms with Crippen molar-refractivity contribution in [3.05, 3.63) is 34.2 Å². The number of carbonyl (C=O) groups is 1. The van der Waals surface area contributed by atoms with Gasteiger partial charge in [0.25, 0.3) is 5.56 Å². The predicted octanol–water partition coefficient (Wildman–Crippen LogP) is 3.69. The zero-order valence-corrected chi connectivity index (χ0v) is 12.3. The van der Waals surface area contributed by atoms with E-state index in [1.54, 1.807) is 0 Å². The van der Waals surface area contributed by atoms with E-state index >= 15 is 0 Å². The molecule has 1 heterocycles. The molecule has 0 aromatic carbocycles. The summed E-state index contributed by atoms with van der Waals surface area (Å²) in [5, 5.41) is 9.05. The van der Waals surface area contributed by atoms with Crippen LogP contribution in [-0.4, -0.2) is 15.6 Å². The summed E-state index contributed by atoms with van der Waals surface area (Å²) in [7, 11) is 0. The lowest BCUT2D eigenvalue weighted by atomic mass is 10.1. The Bertz CT molecular complexity index is 465. The number of pyridine rings is 1. The van der Waals surface area contributed by atoms with Crippen LogP contribution >= 0.6 is 0 Å². The Morgan fingerprint density at radius 2 is 1.65 bits per heavy atom. The van der Waals surface area contributed by atoms with E-state index in [4.69, 9.17) is 5.11 Å². The van der Waals surface area contributed by atoms with Crippen LogP contribution in [0.4, 0.5) is 0 Å². The molecule has 1 aromatic heterocycles. The summed E-state index contributed by atoms with van der Waals surface area (Å²) in [6.45, 7) is 2.70. The SMILES string of the molecule is CCCCCCCCCCn1c(C(=O)O)cccc1=O. The maximum absolute atomic E-state index is 11.7. The first kappa shape index (κ1) is 16.5. The van der Waals surface area contributed by atoms with Crippen molar-refractivity contribution in [3.63, 3.8) is 0 Å². The lowest BCUT2D eigenvalue weighted by molar-refractivity contribution is 0.0683. The van der Waals surface area contributed by atoms with Gasteiger partial charge in [-0.25, -0.2) is 4.79 Å². The van der Waals surface area contributed by atoms with Gasteiger partial charge in [0.15, 0.2) is 0 Å². The molecule has 0 aliphatic carbocycles. The Labute approximate surface area is 120 Å². The minimum absolute atomic E-state index is 0.0837. The molecule has 4 nitrogen and oxygen atoms in total. The van der Waals surface area contributed by atoms with Gasteiger partial charge >= 0.3 is 5.97 Å². The fourth-order valence-corrected chi connectivity index (χ4v) is 2.34. The molecule has 1 N–H and O–H groups in total. The monoisotopic (exact) mass is 279 g/mol. The van der Waals surface area contributed by atoms with Gasteiger partial charge in [0, 0.05) is 12.6 Å². The van der Waals surface area contributed by atoms with E-state index in [2.05, 4.69) is 6.92 Å². The fourth-order valence-electron chi connectivity index (χ4n) is 2.34. The number of unbranched alkanes of at least 4 members (excludes halogenated alkanes) is 7. The molecule has 0 spiro atoms. The molecule has 0 amide bonds. The molecule has 20 heavy (non-hydrogen) atoms. The summed E-state index contributed by atoms with van der Waals surface area (Å²) in [5.74, 6) is -1.04. The molecule has 0 unspecified atom stereocenters. The molecular formula is C16H25NO3. The van der Waals surface area contributed by atoms with Gasteiger partial charge in [-0.1, -0.05) is 57.9 Å². The van der Waals surface area contributed by atoms with Gasteiger partial charge in [0.05, 0.1) is 0 Å². The first-order chi connectivity index (χ1) is 9.66. The third-order valence-electron chi connectivity index (χ3n) is 3.50. The fraction of sp³-hybridized carbons (Fsp3) is 0.625. The number of hydrogen-bond acceptors (Lipinski definition) is 2. The molecule has 0 fully saturated rings. The summed E-state index contributed by atoms with van der Waals surface area (Å²) < 4.78 is 1.36. The number of aromatic nitrogens is 1. The third-order valence-corrected chi connectivity index (χ3v) is 3.50. The zero-order valence-electron chi connectivity index (χ0n) is 12.3. The zero-order chi connectivity index (χ0) is 14.8. The van der Waals surface area contributed by atoms with Crippen molar-refractivity contribution in [1.82, 2.24) is 4.57 Å². The quantitative estimate of drug-likeness (QED) is 0.664. The third kappa shape index (κ3) is 5.59. The first-order valence-electron chi connectivity index (χ1n) is 7.60. The van der Waals surface area contributed by atoms with Crippen LogP contribution in [0.5, 0.6) is 0 Å². The lowest BCUT2D eigenvalue weighted by Crippen LogP contribution is -2.25. The van der Waals surface area contributed by atoms with Gasteiger partial charge in [-0.05, 0) is 12.5 Å². The number of carboxylic acids is 1. The van der Waals surface area contributed by atoms with Crippen molar-refractivity contribution in [2.24, 2.45) is 0 Å². The van der Waals surface area contributed by atoms with Crippen LogP contribution in [0.2, 0.25) is 0 Å². The molecule has 0 atom stereocenters. The van der Waals surface area contributed by atoms with Crippen LogP contribution in [0.3, 0.4) is 0 Å². The molecule has 0 bridgehead atoms. The van der Waals surface area contributed by atoms with E-state index < -0.39 is 5.97 Å². The van der Waals surface area contributed by atoms with Crippen LogP contribution in [0.1, 0.15) is 68.8 Å². The van der Waals surface area contributed by atoms with E-state index in [9.17, 15) is 9.59 Å². The minimum atomic E-state index is -1.04. The van der Waals surface area contributed by atoms with E-state index in [0.717, 1.165) is 19.3 Å². The summed E-state index contributed by atoms with van der Waals surface area (Å²) in [5.41, 5.74) is -0.145. The number of carboxylic acid groups (broad SMARTS) is 1. The molecule has 0 aliphatic heterocycles. The Hall–Kier alpha value is -1.58. The summed E-state index contributed by atoms with van der Waals surface area (Å²) in [6.07, 6.45) is 9.45. The maximum atomic E-state index is 11.7. The standard InChI is InChI=1S/C16H25NO3/c1-2-3-4-5-6-7-8-9-13-17-14(16(19)20)11-10-12-15(17)18/h10-12H,2-9,13H2,1H3,(H,19,20). The molecule has 1 aromatic rings. The van der Waals surface area contributed by atoms with Crippen LogP contribution in [0, 0.1) is 0 Å². The average Bonchev–Trinajstić information content (AvgIpc) is 2.43. The van der Waals surface area contributed by atoms with Crippen molar-refractivity contribution in [3.8, 4) is 0 Å². The highest BCUT2D eigenvalue weighted by Crippen LogP contribution is 2.09. The van der Waals surface area contributed by atoms with E-state index in [-0.39, 0.29) is 11.3 Å². The largest absolute Gasteiger partial charge is 0.477 e. The molecule has 0 saturated carbocycles. The van der Waals surface area contributed by atoms with E-state index in [1.165, 1.54) is 54.9 Å². The van der Waals surface area contributed by atoms with E-state index in [1.807, 2.05) is 0 Å². The Kier molecular flexibility index (Phi) is 7.70. The molecule has 0 saturated heterocycles. The molecular weight excluding hydrogens is 254 g/mol. The Morgan fingerprint density at radius 1 is 1.05 bits per heavy atom. The highest BCUT2D eigenvalue weighted by Gasteiger charge is 2.09. The molecule has 0 aliphatic rings. The highest BCUT2D eigenvalue weighted by molar-refractivity contribution is 5.85. The Balaban J connectivity index is 2.32. The number of hydrogen-bond donors (Lipinski definition) is 1. The van der Waals surface area contributed by atoms with Crippen LogP contribution in [-0.2, 0) is 6.54 Å². The lowest BCUT2D eigenvalue weighted by Gasteiger charge is -2.09. The van der Waals surface area contributed by atoms with Crippen LogP contribution in [0.25, 0.3) is 0 Å². The second-order valence-electron chi connectivity index (χ2n) is 5.18. The predicted molar refractivity (Wildman–Crippen MR) is 80.3 cm³/mol. The summed E-state index contributed by atoms with van der Waals surface area (Å²) in [4.78, 5) is 22.7. The van der Waals surface area contributed by atoms with Gasteiger partial charge in [-0.15, -0.1) is 0 Å². The van der Waals surface area contributed by atoms with Crippen molar-refractivity contribution in [2.75, 3.05) is 0 Å². The van der Waals surface area contributed by atoms with Crippen molar-refractivity contribution in [2.45, 2.75) is 64.8 Å². The minimum Gasteiger partial charge on any atom is -0.477 e. The molecule has 0 radical (unpaired) electrons. The number of aromatic carboxylic acids is 1. The average molecular weight is 279 g/mol. The van der Waals surface area contributed by atoms with Crippen molar-refractivity contribution < 1.29 is 9.90 Å². The summed E-state index contributed by atoms with van der Waals surface area (Å²) >= 11 is 0.